The van der Waals surface area contributed by atoms with Gasteiger partial charge in [0.05, 0.1) is 12.2 Å². The predicted octanol–water partition coefficient (Wildman–Crippen LogP) is 6.99. The van der Waals surface area contributed by atoms with Crippen molar-refractivity contribution >= 4 is 0 Å². The van der Waals surface area contributed by atoms with Crippen molar-refractivity contribution in [2.75, 3.05) is 45.9 Å². The van der Waals surface area contributed by atoms with Crippen LogP contribution >= 0.6 is 0 Å². The van der Waals surface area contributed by atoms with Crippen molar-refractivity contribution < 1.29 is 64.9 Å². The number of allylic oxidation sites excluding steroid dienone is 1. The topological polar surface area (TPSA) is 91.3 Å². The molecule has 7 fully saturated rings. The zero-order valence-corrected chi connectivity index (χ0v) is 31.0. The van der Waals surface area contributed by atoms with Gasteiger partial charge in [-0.2, -0.15) is 26.3 Å². The summed E-state index contributed by atoms with van der Waals surface area (Å²) in [5.41, 5.74) is -2.99. The Bertz CT molecular complexity index is 1420. The second-order valence-electron chi connectivity index (χ2n) is 17.8. The van der Waals surface area contributed by atoms with Gasteiger partial charge in [0.15, 0.2) is 17.7 Å². The first kappa shape index (κ1) is 38.6. The molecule has 1 spiro atoms. The lowest BCUT2D eigenvalue weighted by atomic mass is 9.58. The third kappa shape index (κ3) is 6.27. The summed E-state index contributed by atoms with van der Waals surface area (Å²) in [5.74, 6) is -6.08. The van der Waals surface area contributed by atoms with Crippen molar-refractivity contribution in [1.82, 2.24) is 9.80 Å². The second kappa shape index (κ2) is 13.2. The standard InChI is InChI=1S/C37H54F6N2O8/c1-22-8-9-27-25(28(36(38,39)40)48-29-35(27)26(22)11-13-32(4,50-29)52-35)21-45-16-14-44(15-17-45)18-19-47-33(37(41,42)43)20-24-7-5-6-23-10-12-31(2,3)49-30(51-33)34(23,24)53-46/h22-24,26-27,29-30,46H,5-21H2,1-4H3/t22-,23?,24+,26?,27+,29-,30+,32-,33-,34?,35-/m1/s1. The van der Waals surface area contributed by atoms with E-state index in [2.05, 4.69) is 6.92 Å². The van der Waals surface area contributed by atoms with E-state index in [1.807, 2.05) is 9.80 Å². The predicted molar refractivity (Wildman–Crippen MR) is 175 cm³/mol. The fourth-order valence-corrected chi connectivity index (χ4v) is 11.5. The molecule has 2 bridgehead atoms. The second-order valence-corrected chi connectivity index (χ2v) is 17.8. The summed E-state index contributed by atoms with van der Waals surface area (Å²) < 4.78 is 125. The summed E-state index contributed by atoms with van der Waals surface area (Å²) in [6.07, 6.45) is -7.02. The minimum Gasteiger partial charge on any atom is -0.456 e. The summed E-state index contributed by atoms with van der Waals surface area (Å²) in [4.78, 5) is 9.03. The molecule has 2 aliphatic carbocycles. The number of nitrogens with zero attached hydrogens (tertiary/aromatic N) is 2. The van der Waals surface area contributed by atoms with Crippen molar-refractivity contribution in [2.45, 2.75) is 145 Å². The van der Waals surface area contributed by atoms with Crippen LogP contribution in [-0.4, -0.2) is 114 Å². The van der Waals surface area contributed by atoms with E-state index in [-0.39, 0.29) is 43.0 Å². The Balaban J connectivity index is 0.938. The van der Waals surface area contributed by atoms with Gasteiger partial charge in [-0.3, -0.25) is 15.1 Å². The monoisotopic (exact) mass is 768 g/mol. The SMILES string of the molecule is C[C@@H]1CC[C@H]2C(CN3CCN(CCO[C@]4(C(F)(F)F)C[C@@H]5CCCC6CCC(C)(C)O[C@@H](O4)C65OO)CC3)=C(C(F)(F)F)O[C@@H]3O[C@@]4(C)CCC1[C@]32O4. The number of hydrogen-bond donors (Lipinski definition) is 1. The summed E-state index contributed by atoms with van der Waals surface area (Å²) in [6, 6.07) is 0. The summed E-state index contributed by atoms with van der Waals surface area (Å²) in [6.45, 7) is 9.13. The number of halogens is 6. The maximum atomic E-state index is 15.0. The van der Waals surface area contributed by atoms with Gasteiger partial charge in [0.1, 0.15) is 5.60 Å². The molecule has 3 unspecified atom stereocenters. The molecule has 8 aliphatic rings. The van der Waals surface area contributed by atoms with Crippen LogP contribution in [-0.2, 0) is 33.3 Å². The zero-order chi connectivity index (χ0) is 37.8. The lowest BCUT2D eigenvalue weighted by Gasteiger charge is -2.57. The molecule has 8 rings (SSSR count). The summed E-state index contributed by atoms with van der Waals surface area (Å²) in [5, 5.41) is 10.2. The Kier molecular flexibility index (Phi) is 9.58. The Morgan fingerprint density at radius 1 is 0.830 bits per heavy atom. The third-order valence-corrected chi connectivity index (χ3v) is 14.2. The number of piperazine rings is 1. The first-order valence-electron chi connectivity index (χ1n) is 19.5. The quantitative estimate of drug-likeness (QED) is 0.166. The van der Waals surface area contributed by atoms with Gasteiger partial charge in [-0.25, -0.2) is 4.89 Å². The van der Waals surface area contributed by atoms with Gasteiger partial charge >= 0.3 is 12.4 Å². The van der Waals surface area contributed by atoms with Crippen molar-refractivity contribution in [2.24, 2.45) is 29.6 Å². The fourth-order valence-electron chi connectivity index (χ4n) is 11.5. The first-order valence-corrected chi connectivity index (χ1v) is 19.5. The average Bonchev–Trinajstić information content (AvgIpc) is 3.23. The number of rotatable bonds is 7. The van der Waals surface area contributed by atoms with Crippen LogP contribution in [0.15, 0.2) is 11.3 Å². The van der Waals surface area contributed by atoms with Crippen LogP contribution in [0.5, 0.6) is 0 Å². The molecule has 5 saturated heterocycles. The van der Waals surface area contributed by atoms with Gasteiger partial charge in [0.25, 0.3) is 5.79 Å². The van der Waals surface area contributed by atoms with Gasteiger partial charge in [0.2, 0.25) is 12.0 Å². The molecule has 302 valence electrons. The van der Waals surface area contributed by atoms with Gasteiger partial charge in [0, 0.05) is 63.9 Å². The largest absolute Gasteiger partial charge is 0.456 e. The fraction of sp³-hybridized carbons (Fsp3) is 0.946. The number of alkyl halides is 6. The van der Waals surface area contributed by atoms with E-state index in [0.717, 1.165) is 12.8 Å². The lowest BCUT2D eigenvalue weighted by Crippen LogP contribution is -2.70. The van der Waals surface area contributed by atoms with Crippen LogP contribution in [0.1, 0.15) is 91.9 Å². The summed E-state index contributed by atoms with van der Waals surface area (Å²) in [7, 11) is 0. The lowest BCUT2D eigenvalue weighted by molar-refractivity contribution is -0.503. The van der Waals surface area contributed by atoms with Crippen LogP contribution in [0, 0.1) is 29.6 Å². The van der Waals surface area contributed by atoms with Gasteiger partial charge in [-0.1, -0.05) is 13.3 Å². The minimum atomic E-state index is -4.90. The Morgan fingerprint density at radius 2 is 1.55 bits per heavy atom. The maximum Gasteiger partial charge on any atom is 0.449 e. The van der Waals surface area contributed by atoms with E-state index < -0.39 is 77.3 Å². The molecule has 1 N–H and O–H groups in total. The Morgan fingerprint density at radius 3 is 2.25 bits per heavy atom. The summed E-state index contributed by atoms with van der Waals surface area (Å²) >= 11 is 0. The smallest absolute Gasteiger partial charge is 0.449 e. The minimum absolute atomic E-state index is 0.0179. The normalized spacial score (nSPS) is 46.0. The van der Waals surface area contributed by atoms with Crippen LogP contribution in [0.3, 0.4) is 0 Å². The highest BCUT2D eigenvalue weighted by Gasteiger charge is 2.73. The molecule has 11 atom stereocenters. The van der Waals surface area contributed by atoms with Crippen molar-refractivity contribution in [1.29, 1.82) is 0 Å². The molecule has 0 aromatic carbocycles. The molecule has 0 radical (unpaired) electrons. The molecule has 2 saturated carbocycles. The highest BCUT2D eigenvalue weighted by molar-refractivity contribution is 5.30. The average molecular weight is 769 g/mol. The van der Waals surface area contributed by atoms with E-state index in [0.29, 0.717) is 71.1 Å². The maximum absolute atomic E-state index is 15.0. The highest BCUT2D eigenvalue weighted by Crippen LogP contribution is 2.64. The first-order chi connectivity index (χ1) is 24.8. The van der Waals surface area contributed by atoms with Crippen LogP contribution < -0.4 is 0 Å². The van der Waals surface area contributed by atoms with Crippen molar-refractivity contribution in [3.63, 3.8) is 0 Å². The number of hydrogen-bond acceptors (Lipinski definition) is 10. The molecule has 6 aliphatic heterocycles. The zero-order valence-electron chi connectivity index (χ0n) is 31.0. The molecular weight excluding hydrogens is 714 g/mol. The van der Waals surface area contributed by atoms with Crippen molar-refractivity contribution in [3.8, 4) is 0 Å². The molecular formula is C37H54F6N2O8. The van der Waals surface area contributed by atoms with E-state index in [1.54, 1.807) is 20.8 Å². The van der Waals surface area contributed by atoms with Gasteiger partial charge < -0.3 is 28.4 Å². The molecule has 16 heteroatoms. The van der Waals surface area contributed by atoms with Crippen molar-refractivity contribution in [3.05, 3.63) is 11.3 Å². The third-order valence-electron chi connectivity index (χ3n) is 14.2. The Hall–Kier alpha value is -1.24. The number of ether oxygens (including phenoxy) is 6. The van der Waals surface area contributed by atoms with Gasteiger partial charge in [-0.05, 0) is 89.0 Å². The molecule has 10 nitrogen and oxygen atoms in total. The van der Waals surface area contributed by atoms with Crippen LogP contribution in [0.25, 0.3) is 0 Å². The van der Waals surface area contributed by atoms with E-state index >= 15 is 13.2 Å². The van der Waals surface area contributed by atoms with E-state index in [9.17, 15) is 18.4 Å². The Labute approximate surface area is 306 Å². The van der Waals surface area contributed by atoms with Gasteiger partial charge in [-0.15, -0.1) is 0 Å². The van der Waals surface area contributed by atoms with E-state index in [1.165, 1.54) is 0 Å². The molecule has 6 heterocycles. The molecule has 53 heavy (non-hydrogen) atoms. The number of fused-ring (bicyclic) bond motifs is 1. The van der Waals surface area contributed by atoms with E-state index in [4.69, 9.17) is 33.3 Å². The van der Waals surface area contributed by atoms with Crippen LogP contribution in [0.2, 0.25) is 0 Å². The molecule has 0 aromatic heterocycles. The highest BCUT2D eigenvalue weighted by atomic mass is 19.4. The molecule has 0 amide bonds. The molecule has 0 aromatic rings. The van der Waals surface area contributed by atoms with Crippen LogP contribution in [0.4, 0.5) is 26.3 Å².